The first-order valence-electron chi connectivity index (χ1n) is 5.66. The molecule has 2 nitrogen and oxygen atoms in total. The number of hydrogen-bond acceptors (Lipinski definition) is 2. The molecule has 1 aromatic heterocycles. The first-order chi connectivity index (χ1) is 8.04. The maximum Gasteiger partial charge on any atom is 0.137 e. The lowest BCUT2D eigenvalue weighted by Gasteiger charge is -2.09. The van der Waals surface area contributed by atoms with Gasteiger partial charge in [-0.1, -0.05) is 30.1 Å². The van der Waals surface area contributed by atoms with Crippen LogP contribution in [0.5, 0.6) is 0 Å². The second-order valence-electron chi connectivity index (χ2n) is 4.13. The van der Waals surface area contributed by atoms with Crippen molar-refractivity contribution in [2.24, 2.45) is 0 Å². The Bertz CT molecular complexity index is 548. The molecule has 0 fully saturated rings. The van der Waals surface area contributed by atoms with Gasteiger partial charge in [-0.2, -0.15) is 0 Å². The number of benzene rings is 1. The average Bonchev–Trinajstić information content (AvgIpc) is 2.56. The van der Waals surface area contributed by atoms with Crippen molar-refractivity contribution < 1.29 is 4.42 Å². The molecule has 0 saturated carbocycles. The summed E-state index contributed by atoms with van der Waals surface area (Å²) < 4.78 is 5.84. The Balaban J connectivity index is 2.60. The Labute approximate surface area is 111 Å². The number of fused-ring (bicyclic) bond motifs is 1. The summed E-state index contributed by atoms with van der Waals surface area (Å²) in [6.07, 6.45) is 0. The summed E-state index contributed by atoms with van der Waals surface area (Å²) in [6, 6.07) is 3.72. The number of rotatable bonds is 3. The minimum atomic E-state index is 0.169. The van der Waals surface area contributed by atoms with Crippen LogP contribution < -0.4 is 5.32 Å². The van der Waals surface area contributed by atoms with E-state index in [1.807, 2.05) is 6.92 Å². The molecule has 92 valence electrons. The molecule has 0 aliphatic carbocycles. The molecule has 0 radical (unpaired) electrons. The Kier molecular flexibility index (Phi) is 3.67. The van der Waals surface area contributed by atoms with Crippen molar-refractivity contribution >= 4 is 34.2 Å². The zero-order chi connectivity index (χ0) is 12.6. The number of halogens is 2. The van der Waals surface area contributed by atoms with Crippen molar-refractivity contribution in [1.29, 1.82) is 0 Å². The van der Waals surface area contributed by atoms with Gasteiger partial charge in [0, 0.05) is 22.0 Å². The fourth-order valence-electron chi connectivity index (χ4n) is 2.12. The fraction of sp³-hybridized carbons (Fsp3) is 0.385. The van der Waals surface area contributed by atoms with Gasteiger partial charge < -0.3 is 9.73 Å². The van der Waals surface area contributed by atoms with E-state index in [0.29, 0.717) is 10.0 Å². The molecule has 2 rings (SSSR count). The van der Waals surface area contributed by atoms with Crippen molar-refractivity contribution in [3.05, 3.63) is 33.5 Å². The van der Waals surface area contributed by atoms with E-state index in [2.05, 4.69) is 19.2 Å². The van der Waals surface area contributed by atoms with E-state index in [-0.39, 0.29) is 6.04 Å². The smallest absolute Gasteiger partial charge is 0.137 e. The molecule has 0 bridgehead atoms. The van der Waals surface area contributed by atoms with Gasteiger partial charge in [-0.15, -0.1) is 0 Å². The standard InChI is InChI=1S/C13H15Cl2NO/c1-4-16-8(3)13-7(2)12-10(15)5-9(14)6-11(12)17-13/h5-6,8,16H,4H2,1-3H3. The maximum atomic E-state index is 6.20. The van der Waals surface area contributed by atoms with E-state index in [1.54, 1.807) is 12.1 Å². The van der Waals surface area contributed by atoms with E-state index >= 15 is 0 Å². The minimum Gasteiger partial charge on any atom is -0.459 e. The number of furan rings is 1. The maximum absolute atomic E-state index is 6.20. The molecule has 1 aromatic carbocycles. The Morgan fingerprint density at radius 3 is 2.71 bits per heavy atom. The monoisotopic (exact) mass is 271 g/mol. The first kappa shape index (κ1) is 12.7. The van der Waals surface area contributed by atoms with Crippen LogP contribution in [0.2, 0.25) is 10.0 Å². The van der Waals surface area contributed by atoms with Gasteiger partial charge >= 0.3 is 0 Å². The molecule has 1 unspecified atom stereocenters. The van der Waals surface area contributed by atoms with Crippen molar-refractivity contribution in [2.75, 3.05) is 6.54 Å². The molecular formula is C13H15Cl2NO. The number of hydrogen-bond donors (Lipinski definition) is 1. The van der Waals surface area contributed by atoms with Crippen molar-refractivity contribution in [3.8, 4) is 0 Å². The van der Waals surface area contributed by atoms with E-state index in [9.17, 15) is 0 Å². The summed E-state index contributed by atoms with van der Waals surface area (Å²) in [5, 5.41) is 5.52. The van der Waals surface area contributed by atoms with Gasteiger partial charge in [-0.3, -0.25) is 0 Å². The van der Waals surface area contributed by atoms with Crippen molar-refractivity contribution in [3.63, 3.8) is 0 Å². The Hall–Kier alpha value is -0.700. The molecule has 0 aliphatic heterocycles. The van der Waals surface area contributed by atoms with Gasteiger partial charge in [-0.05, 0) is 26.5 Å². The Morgan fingerprint density at radius 2 is 2.06 bits per heavy atom. The zero-order valence-electron chi connectivity index (χ0n) is 10.1. The third kappa shape index (κ3) is 2.30. The second kappa shape index (κ2) is 4.89. The van der Waals surface area contributed by atoms with Crippen LogP contribution in [0.25, 0.3) is 11.0 Å². The summed E-state index contributed by atoms with van der Waals surface area (Å²) in [4.78, 5) is 0. The normalized spacial score (nSPS) is 13.2. The van der Waals surface area contributed by atoms with Crippen LogP contribution in [-0.4, -0.2) is 6.54 Å². The van der Waals surface area contributed by atoms with Crippen LogP contribution in [0.1, 0.15) is 31.2 Å². The van der Waals surface area contributed by atoms with E-state index in [1.165, 1.54) is 0 Å². The lowest BCUT2D eigenvalue weighted by molar-refractivity contribution is 0.456. The predicted molar refractivity (Wildman–Crippen MR) is 73.1 cm³/mol. The molecule has 1 heterocycles. The molecular weight excluding hydrogens is 257 g/mol. The highest BCUT2D eigenvalue weighted by Gasteiger charge is 2.18. The highest BCUT2D eigenvalue weighted by Crippen LogP contribution is 2.36. The molecule has 0 saturated heterocycles. The summed E-state index contributed by atoms with van der Waals surface area (Å²) in [5.41, 5.74) is 1.83. The van der Waals surface area contributed by atoms with Crippen LogP contribution in [-0.2, 0) is 0 Å². The van der Waals surface area contributed by atoms with Crippen LogP contribution in [0, 0.1) is 6.92 Å². The molecule has 1 N–H and O–H groups in total. The highest BCUT2D eigenvalue weighted by molar-refractivity contribution is 6.38. The second-order valence-corrected chi connectivity index (χ2v) is 4.98. The Morgan fingerprint density at radius 1 is 1.35 bits per heavy atom. The minimum absolute atomic E-state index is 0.169. The van der Waals surface area contributed by atoms with Crippen LogP contribution in [0.4, 0.5) is 0 Å². The first-order valence-corrected chi connectivity index (χ1v) is 6.41. The highest BCUT2D eigenvalue weighted by atomic mass is 35.5. The number of aryl methyl sites for hydroxylation is 1. The van der Waals surface area contributed by atoms with E-state index < -0.39 is 0 Å². The van der Waals surface area contributed by atoms with Crippen LogP contribution >= 0.6 is 23.2 Å². The van der Waals surface area contributed by atoms with Crippen LogP contribution in [0.3, 0.4) is 0 Å². The third-order valence-electron chi connectivity index (χ3n) is 2.89. The van der Waals surface area contributed by atoms with Gasteiger partial charge in [0.25, 0.3) is 0 Å². The summed E-state index contributed by atoms with van der Waals surface area (Å²) in [6.45, 7) is 7.06. The van der Waals surface area contributed by atoms with Gasteiger partial charge in [0.1, 0.15) is 11.3 Å². The predicted octanol–water partition coefficient (Wildman–Crippen LogP) is 4.72. The lowest BCUT2D eigenvalue weighted by atomic mass is 10.1. The van der Waals surface area contributed by atoms with Crippen LogP contribution in [0.15, 0.2) is 16.5 Å². The zero-order valence-corrected chi connectivity index (χ0v) is 11.6. The molecule has 1 atom stereocenters. The van der Waals surface area contributed by atoms with Crippen molar-refractivity contribution in [1.82, 2.24) is 5.32 Å². The molecule has 17 heavy (non-hydrogen) atoms. The molecule has 0 amide bonds. The topological polar surface area (TPSA) is 25.2 Å². The van der Waals surface area contributed by atoms with Crippen molar-refractivity contribution in [2.45, 2.75) is 26.8 Å². The van der Waals surface area contributed by atoms with E-state index in [4.69, 9.17) is 27.6 Å². The van der Waals surface area contributed by atoms with Gasteiger partial charge in [0.2, 0.25) is 0 Å². The summed E-state index contributed by atoms with van der Waals surface area (Å²) >= 11 is 12.2. The average molecular weight is 272 g/mol. The summed E-state index contributed by atoms with van der Waals surface area (Å²) in [5.74, 6) is 0.922. The third-order valence-corrected chi connectivity index (χ3v) is 3.40. The summed E-state index contributed by atoms with van der Waals surface area (Å²) in [7, 11) is 0. The van der Waals surface area contributed by atoms with E-state index in [0.717, 1.165) is 28.8 Å². The SMILES string of the molecule is CCNC(C)c1oc2cc(Cl)cc(Cl)c2c1C. The quantitative estimate of drug-likeness (QED) is 0.874. The van der Waals surface area contributed by atoms with Gasteiger partial charge in [0.15, 0.2) is 0 Å². The number of nitrogens with one attached hydrogen (secondary N) is 1. The largest absolute Gasteiger partial charge is 0.459 e. The fourth-order valence-corrected chi connectivity index (χ4v) is 2.74. The molecule has 0 spiro atoms. The lowest BCUT2D eigenvalue weighted by Crippen LogP contribution is -2.17. The van der Waals surface area contributed by atoms with Gasteiger partial charge in [-0.25, -0.2) is 0 Å². The molecule has 4 heteroatoms. The molecule has 2 aromatic rings. The molecule has 0 aliphatic rings. The van der Waals surface area contributed by atoms with Gasteiger partial charge in [0.05, 0.1) is 11.1 Å².